The first kappa shape index (κ1) is 18.9. The summed E-state index contributed by atoms with van der Waals surface area (Å²) in [5.41, 5.74) is 6.44. The van der Waals surface area contributed by atoms with Gasteiger partial charge in [0, 0.05) is 11.6 Å². The zero-order valence-corrected chi connectivity index (χ0v) is 15.9. The third-order valence-corrected chi connectivity index (χ3v) is 4.34. The first-order valence-corrected chi connectivity index (χ1v) is 8.18. The number of hydrogen-bond donors (Lipinski definition) is 3. The van der Waals surface area contributed by atoms with Crippen LogP contribution in [0.4, 0.5) is 16.2 Å². The second kappa shape index (κ2) is 8.13. The van der Waals surface area contributed by atoms with Gasteiger partial charge in [-0.2, -0.15) is 0 Å². The summed E-state index contributed by atoms with van der Waals surface area (Å²) in [6.45, 7) is 0. The van der Waals surface area contributed by atoms with Crippen molar-refractivity contribution in [2.24, 2.45) is 5.73 Å². The number of rotatable bonds is 5. The highest BCUT2D eigenvalue weighted by atomic mass is 79.9. The molecule has 25 heavy (non-hydrogen) atoms. The molecule has 2 aromatic carbocycles. The number of nitrogens with two attached hydrogens (primary N) is 1. The maximum Gasteiger partial charge on any atom is 0.336 e. The molecule has 0 bridgehead atoms. The minimum Gasteiger partial charge on any atom is -0.495 e. The van der Waals surface area contributed by atoms with Gasteiger partial charge in [0.1, 0.15) is 11.5 Å². The lowest BCUT2D eigenvalue weighted by Crippen LogP contribution is -2.27. The van der Waals surface area contributed by atoms with Crippen LogP contribution in [0.25, 0.3) is 0 Å². The second-order valence-corrected chi connectivity index (χ2v) is 6.09. The number of halogens is 1. The number of carbonyl (C=O) groups excluding carboxylic acids is 2. The van der Waals surface area contributed by atoms with Crippen LogP contribution in [0.15, 0.2) is 40.9 Å². The quantitative estimate of drug-likeness (QED) is 0.639. The minimum absolute atomic E-state index is 0.339. The average Bonchev–Trinajstić information content (AvgIpc) is 2.61. The fraction of sp³-hybridized carbons (Fsp3) is 0.125. The van der Waals surface area contributed by atoms with E-state index >= 15 is 0 Å². The average molecular weight is 426 g/mol. The Kier molecular flexibility index (Phi) is 6.16. The predicted octanol–water partition coefficient (Wildman–Crippen LogP) is 3.45. The third kappa shape index (κ3) is 4.37. The molecule has 0 aliphatic rings. The molecule has 0 aromatic heterocycles. The highest BCUT2D eigenvalue weighted by molar-refractivity contribution is 9.10. The second-order valence-electron chi connectivity index (χ2n) is 4.84. The number of thiol groups is 1. The van der Waals surface area contributed by atoms with Gasteiger partial charge in [-0.15, -0.1) is 0 Å². The molecule has 2 rings (SSSR count). The Morgan fingerprint density at radius 3 is 2.24 bits per heavy atom. The molecule has 2 aromatic rings. The number of urea groups is 1. The molecule has 0 radical (unpaired) electrons. The molecule has 3 N–H and O–H groups in total. The van der Waals surface area contributed by atoms with Crippen LogP contribution in [-0.4, -0.2) is 26.2 Å². The van der Waals surface area contributed by atoms with Gasteiger partial charge in [0.15, 0.2) is 0 Å². The molecule has 7 nitrogen and oxygen atoms in total. The molecule has 0 atom stereocenters. The summed E-state index contributed by atoms with van der Waals surface area (Å²) < 4.78 is 12.2. The lowest BCUT2D eigenvalue weighted by atomic mass is 10.2. The zero-order valence-electron chi connectivity index (χ0n) is 13.4. The summed E-state index contributed by atoms with van der Waals surface area (Å²) in [4.78, 5) is 23.5. The molecule has 0 unspecified atom stereocenters. The van der Waals surface area contributed by atoms with Gasteiger partial charge in [0.2, 0.25) is 5.91 Å². The number of hydrogen-bond acceptors (Lipinski definition) is 5. The van der Waals surface area contributed by atoms with Crippen molar-refractivity contribution in [1.82, 2.24) is 0 Å². The maximum atomic E-state index is 12.4. The first-order valence-electron chi connectivity index (χ1n) is 6.98. The van der Waals surface area contributed by atoms with Gasteiger partial charge >= 0.3 is 6.03 Å². The summed E-state index contributed by atoms with van der Waals surface area (Å²) in [5.74, 6) is 0.452. The van der Waals surface area contributed by atoms with Gasteiger partial charge in [-0.05, 0) is 46.3 Å². The molecule has 9 heteroatoms. The molecule has 0 heterocycles. The van der Waals surface area contributed by atoms with Crippen molar-refractivity contribution in [3.8, 4) is 11.5 Å². The van der Waals surface area contributed by atoms with Crippen LogP contribution in [0.5, 0.6) is 11.5 Å². The van der Waals surface area contributed by atoms with Gasteiger partial charge in [-0.3, -0.25) is 4.79 Å². The number of carbonyl (C=O) groups is 2. The van der Waals surface area contributed by atoms with Gasteiger partial charge in [-0.1, -0.05) is 12.8 Å². The number of benzene rings is 2. The van der Waals surface area contributed by atoms with Crippen LogP contribution in [-0.2, 0) is 0 Å². The van der Waals surface area contributed by atoms with E-state index in [4.69, 9.17) is 15.2 Å². The number of primary amides is 1. The van der Waals surface area contributed by atoms with Gasteiger partial charge in [-0.25, -0.2) is 9.10 Å². The van der Waals surface area contributed by atoms with Gasteiger partial charge < -0.3 is 20.5 Å². The van der Waals surface area contributed by atoms with E-state index in [9.17, 15) is 9.59 Å². The minimum atomic E-state index is -0.547. The first-order chi connectivity index (χ1) is 11.9. The highest BCUT2D eigenvalue weighted by Gasteiger charge is 2.17. The largest absolute Gasteiger partial charge is 0.495 e. The van der Waals surface area contributed by atoms with E-state index in [1.165, 1.54) is 26.4 Å². The normalized spacial score (nSPS) is 10.1. The Hall–Kier alpha value is -2.39. The summed E-state index contributed by atoms with van der Waals surface area (Å²) in [5, 5.41) is 2.70. The van der Waals surface area contributed by atoms with Crippen LogP contribution in [0.1, 0.15) is 10.4 Å². The van der Waals surface area contributed by atoms with Crippen molar-refractivity contribution >= 4 is 52.1 Å². The number of nitrogens with zero attached hydrogens (tertiary/aromatic N) is 1. The summed E-state index contributed by atoms with van der Waals surface area (Å²) in [6, 6.07) is 8.95. The standard InChI is InChI=1S/C16H16BrN3O4S/c1-23-13-8-14(24-2)12(7-11(13)17)19-16(22)20(25)10-5-3-9(4-6-10)15(18)21/h3-8,25H,1-2H3,(H2,18,21)(H,19,22). The van der Waals surface area contributed by atoms with Crippen LogP contribution in [0, 0.1) is 0 Å². The van der Waals surface area contributed by atoms with E-state index in [0.717, 1.165) is 4.31 Å². The zero-order chi connectivity index (χ0) is 18.6. The van der Waals surface area contributed by atoms with Crippen molar-refractivity contribution in [3.63, 3.8) is 0 Å². The van der Waals surface area contributed by atoms with Crippen molar-refractivity contribution in [2.45, 2.75) is 0 Å². The van der Waals surface area contributed by atoms with E-state index in [-0.39, 0.29) is 0 Å². The highest BCUT2D eigenvalue weighted by Crippen LogP contribution is 2.36. The fourth-order valence-corrected chi connectivity index (χ4v) is 2.70. The van der Waals surface area contributed by atoms with E-state index in [0.29, 0.717) is 32.9 Å². The Morgan fingerprint density at radius 1 is 1.12 bits per heavy atom. The molecule has 0 spiro atoms. The van der Waals surface area contributed by atoms with Crippen LogP contribution in [0.2, 0.25) is 0 Å². The number of amides is 3. The Labute approximate surface area is 158 Å². The smallest absolute Gasteiger partial charge is 0.336 e. The summed E-state index contributed by atoms with van der Waals surface area (Å²) in [6.07, 6.45) is 0. The molecule has 0 fully saturated rings. The number of anilines is 2. The lowest BCUT2D eigenvalue weighted by molar-refractivity contribution is 0.100. The van der Waals surface area contributed by atoms with Crippen molar-refractivity contribution in [1.29, 1.82) is 0 Å². The predicted molar refractivity (Wildman–Crippen MR) is 103 cm³/mol. The fourth-order valence-electron chi connectivity index (χ4n) is 2.01. The topological polar surface area (TPSA) is 93.9 Å². The molecule has 0 saturated heterocycles. The molecule has 3 amide bonds. The van der Waals surface area contributed by atoms with E-state index in [1.54, 1.807) is 24.3 Å². The van der Waals surface area contributed by atoms with E-state index in [2.05, 4.69) is 34.1 Å². The monoisotopic (exact) mass is 425 g/mol. The van der Waals surface area contributed by atoms with Gasteiger partial charge in [0.25, 0.3) is 0 Å². The van der Waals surface area contributed by atoms with Crippen LogP contribution >= 0.6 is 28.7 Å². The Bertz CT molecular complexity index is 799. The third-order valence-electron chi connectivity index (χ3n) is 3.30. The molecular formula is C16H16BrN3O4S. The molecule has 0 aliphatic carbocycles. The van der Waals surface area contributed by atoms with Crippen molar-refractivity contribution in [2.75, 3.05) is 23.8 Å². The van der Waals surface area contributed by atoms with Crippen LogP contribution in [0.3, 0.4) is 0 Å². The number of nitrogens with one attached hydrogen (secondary N) is 1. The van der Waals surface area contributed by atoms with Crippen LogP contribution < -0.4 is 24.8 Å². The number of methoxy groups -OCH3 is 2. The Balaban J connectivity index is 2.21. The molecule has 0 saturated carbocycles. The SMILES string of the molecule is COc1cc(OC)c(NC(=O)N(S)c2ccc(C(N)=O)cc2)cc1Br. The Morgan fingerprint density at radius 2 is 1.72 bits per heavy atom. The summed E-state index contributed by atoms with van der Waals surface area (Å²) in [7, 11) is 3.02. The maximum absolute atomic E-state index is 12.4. The number of ether oxygens (including phenoxy) is 2. The molecule has 0 aliphatic heterocycles. The van der Waals surface area contributed by atoms with Gasteiger partial charge in [0.05, 0.1) is 30.1 Å². The van der Waals surface area contributed by atoms with E-state index in [1.807, 2.05) is 0 Å². The van der Waals surface area contributed by atoms with E-state index < -0.39 is 11.9 Å². The van der Waals surface area contributed by atoms with Crippen molar-refractivity contribution in [3.05, 3.63) is 46.4 Å². The molecule has 132 valence electrons. The summed E-state index contributed by atoms with van der Waals surface area (Å²) >= 11 is 7.54. The van der Waals surface area contributed by atoms with Crippen molar-refractivity contribution < 1.29 is 19.1 Å². The lowest BCUT2D eigenvalue weighted by Gasteiger charge is -2.18. The molecular weight excluding hydrogens is 410 g/mol.